The van der Waals surface area contributed by atoms with Crippen LogP contribution in [0.25, 0.3) is 0 Å². The highest BCUT2D eigenvalue weighted by Gasteiger charge is 2.29. The molecule has 1 aliphatic heterocycles. The molecule has 0 aromatic carbocycles. The van der Waals surface area contributed by atoms with Crippen LogP contribution in [0.5, 0.6) is 0 Å². The van der Waals surface area contributed by atoms with Gasteiger partial charge in [0.2, 0.25) is 0 Å². The van der Waals surface area contributed by atoms with Crippen molar-refractivity contribution in [3.05, 3.63) is 0 Å². The van der Waals surface area contributed by atoms with Crippen molar-refractivity contribution >= 4 is 0 Å². The van der Waals surface area contributed by atoms with Crippen molar-refractivity contribution in [3.63, 3.8) is 0 Å². The molecule has 114 valence electrons. The van der Waals surface area contributed by atoms with Crippen molar-refractivity contribution in [1.29, 1.82) is 0 Å². The third kappa shape index (κ3) is 6.24. The molecule has 1 N–H and O–H groups in total. The van der Waals surface area contributed by atoms with Gasteiger partial charge in [-0.05, 0) is 38.1 Å². The van der Waals surface area contributed by atoms with Crippen LogP contribution in [0.3, 0.4) is 0 Å². The van der Waals surface area contributed by atoms with Gasteiger partial charge in [0.05, 0.1) is 12.2 Å². The Kier molecular flexibility index (Phi) is 6.78. The molecule has 3 nitrogen and oxygen atoms in total. The molecule has 0 aromatic rings. The molecule has 0 bridgehead atoms. The van der Waals surface area contributed by atoms with Gasteiger partial charge in [-0.25, -0.2) is 0 Å². The molecule has 0 amide bonds. The summed E-state index contributed by atoms with van der Waals surface area (Å²) < 4.78 is 5.82. The first-order valence-corrected chi connectivity index (χ1v) is 7.93. The molecule has 0 spiro atoms. The Hall–Kier alpha value is -0.120. The van der Waals surface area contributed by atoms with Crippen LogP contribution in [0.4, 0.5) is 0 Å². The molecule has 0 aliphatic carbocycles. The molecule has 1 rings (SSSR count). The van der Waals surface area contributed by atoms with Gasteiger partial charge in [-0.15, -0.1) is 0 Å². The van der Waals surface area contributed by atoms with Gasteiger partial charge in [0.1, 0.15) is 0 Å². The van der Waals surface area contributed by atoms with Crippen LogP contribution in [-0.4, -0.2) is 49.8 Å². The summed E-state index contributed by atoms with van der Waals surface area (Å²) in [4.78, 5) is 2.58. The highest BCUT2D eigenvalue weighted by atomic mass is 16.5. The minimum atomic E-state index is 0.367. The van der Waals surface area contributed by atoms with Gasteiger partial charge >= 0.3 is 0 Å². The van der Waals surface area contributed by atoms with Crippen LogP contribution in [0, 0.1) is 11.3 Å². The fraction of sp³-hybridized carbons (Fsp3) is 1.00. The number of ether oxygens (including phenoxy) is 1. The van der Waals surface area contributed by atoms with Gasteiger partial charge in [0.25, 0.3) is 0 Å². The lowest BCUT2D eigenvalue weighted by Crippen LogP contribution is -2.51. The topological polar surface area (TPSA) is 24.5 Å². The van der Waals surface area contributed by atoms with E-state index in [0.717, 1.165) is 32.1 Å². The zero-order valence-corrected chi connectivity index (χ0v) is 13.8. The molecular formula is C16H34N2O. The monoisotopic (exact) mass is 270 g/mol. The van der Waals surface area contributed by atoms with E-state index in [0.29, 0.717) is 17.6 Å². The quantitative estimate of drug-likeness (QED) is 0.770. The van der Waals surface area contributed by atoms with E-state index in [9.17, 15) is 0 Å². The highest BCUT2D eigenvalue weighted by molar-refractivity contribution is 4.83. The number of nitrogens with one attached hydrogen (secondary N) is 1. The Labute approximate surface area is 120 Å². The first kappa shape index (κ1) is 16.9. The summed E-state index contributed by atoms with van der Waals surface area (Å²) in [7, 11) is 0. The lowest BCUT2D eigenvalue weighted by atomic mass is 9.86. The van der Waals surface area contributed by atoms with Crippen LogP contribution in [0.15, 0.2) is 0 Å². The van der Waals surface area contributed by atoms with Crippen molar-refractivity contribution in [2.45, 2.75) is 60.2 Å². The zero-order chi connectivity index (χ0) is 14.5. The van der Waals surface area contributed by atoms with Gasteiger partial charge in [0.15, 0.2) is 0 Å². The van der Waals surface area contributed by atoms with Gasteiger partial charge in [-0.1, -0.05) is 27.7 Å². The standard InChI is InChI=1S/C16H34N2O/c1-7-16(6,11-17-8-13(2)3)12-18-9-14(4)19-15(5)10-18/h13-15,17H,7-12H2,1-6H3. The fourth-order valence-corrected chi connectivity index (χ4v) is 2.91. The molecule has 1 fully saturated rings. The Morgan fingerprint density at radius 2 is 1.84 bits per heavy atom. The van der Waals surface area contributed by atoms with Gasteiger partial charge in [-0.2, -0.15) is 0 Å². The first-order chi connectivity index (χ1) is 8.84. The summed E-state index contributed by atoms with van der Waals surface area (Å²) in [5.74, 6) is 0.726. The number of hydrogen-bond acceptors (Lipinski definition) is 3. The fourth-order valence-electron chi connectivity index (χ4n) is 2.91. The SMILES string of the molecule is CCC(C)(CNCC(C)C)CN1CC(C)OC(C)C1. The summed E-state index contributed by atoms with van der Waals surface area (Å²) in [5.41, 5.74) is 0.367. The summed E-state index contributed by atoms with van der Waals surface area (Å²) in [6, 6.07) is 0. The Morgan fingerprint density at radius 3 is 2.32 bits per heavy atom. The molecule has 3 unspecified atom stereocenters. The van der Waals surface area contributed by atoms with Crippen molar-refractivity contribution < 1.29 is 4.74 Å². The lowest BCUT2D eigenvalue weighted by molar-refractivity contribution is -0.0768. The minimum Gasteiger partial charge on any atom is -0.373 e. The van der Waals surface area contributed by atoms with Crippen molar-refractivity contribution in [1.82, 2.24) is 10.2 Å². The maximum atomic E-state index is 5.82. The van der Waals surface area contributed by atoms with E-state index in [2.05, 4.69) is 51.8 Å². The second kappa shape index (κ2) is 7.61. The van der Waals surface area contributed by atoms with E-state index in [1.54, 1.807) is 0 Å². The molecule has 1 saturated heterocycles. The normalized spacial score (nSPS) is 28.6. The molecule has 0 radical (unpaired) electrons. The van der Waals surface area contributed by atoms with E-state index >= 15 is 0 Å². The maximum absolute atomic E-state index is 5.82. The maximum Gasteiger partial charge on any atom is 0.0678 e. The average molecular weight is 270 g/mol. The van der Waals surface area contributed by atoms with Crippen LogP contribution in [0.2, 0.25) is 0 Å². The van der Waals surface area contributed by atoms with E-state index in [-0.39, 0.29) is 0 Å². The Bertz CT molecular complexity index is 247. The van der Waals surface area contributed by atoms with Gasteiger partial charge < -0.3 is 10.1 Å². The van der Waals surface area contributed by atoms with Crippen molar-refractivity contribution in [2.75, 3.05) is 32.7 Å². The summed E-state index contributed by atoms with van der Waals surface area (Å²) in [5, 5.41) is 3.63. The smallest absolute Gasteiger partial charge is 0.0678 e. The number of rotatable bonds is 7. The zero-order valence-electron chi connectivity index (χ0n) is 13.8. The van der Waals surface area contributed by atoms with E-state index in [1.807, 2.05) is 0 Å². The Morgan fingerprint density at radius 1 is 1.26 bits per heavy atom. The van der Waals surface area contributed by atoms with E-state index < -0.39 is 0 Å². The molecule has 0 aromatic heterocycles. The number of hydrogen-bond donors (Lipinski definition) is 1. The van der Waals surface area contributed by atoms with Crippen LogP contribution >= 0.6 is 0 Å². The molecule has 1 aliphatic rings. The van der Waals surface area contributed by atoms with Crippen LogP contribution < -0.4 is 5.32 Å². The Balaban J connectivity index is 2.44. The summed E-state index contributed by atoms with van der Waals surface area (Å²) >= 11 is 0. The lowest BCUT2D eigenvalue weighted by Gasteiger charge is -2.41. The average Bonchev–Trinajstić information content (AvgIpc) is 2.26. The number of morpholine rings is 1. The number of nitrogens with zero attached hydrogens (tertiary/aromatic N) is 1. The van der Waals surface area contributed by atoms with Crippen molar-refractivity contribution in [2.24, 2.45) is 11.3 Å². The highest BCUT2D eigenvalue weighted by Crippen LogP contribution is 2.24. The summed E-state index contributed by atoms with van der Waals surface area (Å²) in [6.07, 6.45) is 1.96. The molecular weight excluding hydrogens is 236 g/mol. The molecule has 19 heavy (non-hydrogen) atoms. The van der Waals surface area contributed by atoms with Crippen LogP contribution in [0.1, 0.15) is 48.0 Å². The predicted molar refractivity (Wildman–Crippen MR) is 82.6 cm³/mol. The summed E-state index contributed by atoms with van der Waals surface area (Å²) in [6.45, 7) is 19.2. The van der Waals surface area contributed by atoms with Crippen molar-refractivity contribution in [3.8, 4) is 0 Å². The largest absolute Gasteiger partial charge is 0.373 e. The van der Waals surface area contributed by atoms with E-state index in [1.165, 1.54) is 13.0 Å². The minimum absolute atomic E-state index is 0.367. The molecule has 3 heteroatoms. The van der Waals surface area contributed by atoms with Crippen LogP contribution in [-0.2, 0) is 4.74 Å². The third-order valence-electron chi connectivity index (χ3n) is 4.06. The molecule has 1 heterocycles. The second-order valence-electron chi connectivity index (χ2n) is 7.14. The molecule has 3 atom stereocenters. The third-order valence-corrected chi connectivity index (χ3v) is 4.06. The van der Waals surface area contributed by atoms with Gasteiger partial charge in [0, 0.05) is 26.2 Å². The first-order valence-electron chi connectivity index (χ1n) is 7.93. The van der Waals surface area contributed by atoms with Gasteiger partial charge in [-0.3, -0.25) is 4.90 Å². The van der Waals surface area contributed by atoms with E-state index in [4.69, 9.17) is 4.74 Å². The predicted octanol–water partition coefficient (Wildman–Crippen LogP) is 2.76. The molecule has 0 saturated carbocycles. The second-order valence-corrected chi connectivity index (χ2v) is 7.14.